The number of methoxy groups -OCH3 is 1. The molecule has 3 aromatic rings. The van der Waals surface area contributed by atoms with Gasteiger partial charge in [0.2, 0.25) is 0 Å². The van der Waals surface area contributed by atoms with E-state index >= 15 is 0 Å². The summed E-state index contributed by atoms with van der Waals surface area (Å²) in [6.45, 7) is 5.03. The summed E-state index contributed by atoms with van der Waals surface area (Å²) in [6.07, 6.45) is 0. The van der Waals surface area contributed by atoms with Crippen molar-refractivity contribution in [2.75, 3.05) is 13.7 Å². The number of thiazole rings is 1. The number of ether oxygens (including phenoxy) is 1. The van der Waals surface area contributed by atoms with Gasteiger partial charge in [0.05, 0.1) is 16.8 Å². The highest BCUT2D eigenvalue weighted by Gasteiger charge is 2.13. The SMILES string of the molecule is COCCn1c(=NC(=O)c2ccccc2C)sc2ccc(Cl)c(C)c21. The zero-order valence-electron chi connectivity index (χ0n) is 14.4. The molecule has 1 aromatic heterocycles. The molecule has 25 heavy (non-hydrogen) atoms. The third-order valence-electron chi connectivity index (χ3n) is 4.12. The minimum atomic E-state index is -0.237. The maximum absolute atomic E-state index is 12.7. The molecule has 0 aliphatic rings. The number of carbonyl (C=O) groups is 1. The van der Waals surface area contributed by atoms with Gasteiger partial charge in [-0.1, -0.05) is 41.1 Å². The van der Waals surface area contributed by atoms with Crippen molar-refractivity contribution >= 4 is 39.1 Å². The molecule has 1 amide bonds. The minimum absolute atomic E-state index is 0.237. The maximum atomic E-state index is 12.7. The zero-order valence-corrected chi connectivity index (χ0v) is 15.9. The number of amides is 1. The van der Waals surface area contributed by atoms with Gasteiger partial charge in [-0.15, -0.1) is 0 Å². The van der Waals surface area contributed by atoms with Gasteiger partial charge in [-0.05, 0) is 43.2 Å². The lowest BCUT2D eigenvalue weighted by molar-refractivity contribution is 0.0996. The Hall–Kier alpha value is -1.95. The molecule has 0 aliphatic carbocycles. The molecule has 0 fully saturated rings. The Kier molecular flexibility index (Phi) is 5.37. The van der Waals surface area contributed by atoms with Crippen molar-refractivity contribution in [3.8, 4) is 0 Å². The lowest BCUT2D eigenvalue weighted by atomic mass is 10.1. The number of halogens is 1. The van der Waals surface area contributed by atoms with E-state index in [0.717, 1.165) is 21.3 Å². The average Bonchev–Trinajstić information content (AvgIpc) is 2.94. The maximum Gasteiger partial charge on any atom is 0.279 e. The van der Waals surface area contributed by atoms with Gasteiger partial charge in [0, 0.05) is 24.2 Å². The molecule has 0 aliphatic heterocycles. The highest BCUT2D eigenvalue weighted by atomic mass is 35.5. The number of benzene rings is 2. The number of nitrogens with zero attached hydrogens (tertiary/aromatic N) is 2. The molecular formula is C19H19ClN2O2S. The van der Waals surface area contributed by atoms with Crippen LogP contribution in [-0.4, -0.2) is 24.2 Å². The molecule has 0 saturated heterocycles. The third-order valence-corrected chi connectivity index (χ3v) is 5.57. The van der Waals surface area contributed by atoms with Gasteiger partial charge in [0.25, 0.3) is 5.91 Å². The molecule has 0 bridgehead atoms. The second-order valence-corrected chi connectivity index (χ2v) is 7.20. The smallest absolute Gasteiger partial charge is 0.279 e. The van der Waals surface area contributed by atoms with E-state index in [1.165, 1.54) is 11.3 Å². The molecule has 130 valence electrons. The Balaban J connectivity index is 2.19. The molecule has 3 rings (SSSR count). The number of rotatable bonds is 4. The normalized spacial score (nSPS) is 12.1. The minimum Gasteiger partial charge on any atom is -0.383 e. The summed E-state index contributed by atoms with van der Waals surface area (Å²) >= 11 is 7.78. The summed E-state index contributed by atoms with van der Waals surface area (Å²) in [5, 5.41) is 0.702. The second kappa shape index (κ2) is 7.52. The molecule has 0 unspecified atom stereocenters. The predicted octanol–water partition coefficient (Wildman–Crippen LogP) is 4.36. The van der Waals surface area contributed by atoms with Crippen LogP contribution in [0.15, 0.2) is 41.4 Å². The number of hydrogen-bond acceptors (Lipinski definition) is 3. The van der Waals surface area contributed by atoms with Crippen molar-refractivity contribution in [2.45, 2.75) is 20.4 Å². The Bertz CT molecular complexity index is 1000. The summed E-state index contributed by atoms with van der Waals surface area (Å²) in [6, 6.07) is 11.3. The predicted molar refractivity (Wildman–Crippen MR) is 103 cm³/mol. The average molecular weight is 375 g/mol. The lowest BCUT2D eigenvalue weighted by Crippen LogP contribution is -2.20. The van der Waals surface area contributed by atoms with Crippen molar-refractivity contribution in [3.63, 3.8) is 0 Å². The van der Waals surface area contributed by atoms with Gasteiger partial charge in [0.15, 0.2) is 4.80 Å². The number of fused-ring (bicyclic) bond motifs is 1. The summed E-state index contributed by atoms with van der Waals surface area (Å²) in [5.41, 5.74) is 3.52. The van der Waals surface area contributed by atoms with Gasteiger partial charge in [-0.25, -0.2) is 0 Å². The highest BCUT2D eigenvalue weighted by molar-refractivity contribution is 7.16. The fourth-order valence-corrected chi connectivity index (χ4v) is 4.02. The first-order valence-electron chi connectivity index (χ1n) is 7.95. The van der Waals surface area contributed by atoms with Crippen LogP contribution in [0.3, 0.4) is 0 Å². The van der Waals surface area contributed by atoms with Crippen LogP contribution in [0.5, 0.6) is 0 Å². The first kappa shape index (κ1) is 17.9. The molecule has 0 radical (unpaired) electrons. The van der Waals surface area contributed by atoms with Crippen molar-refractivity contribution in [1.29, 1.82) is 0 Å². The van der Waals surface area contributed by atoms with Crippen LogP contribution in [0, 0.1) is 13.8 Å². The van der Waals surface area contributed by atoms with Gasteiger partial charge in [-0.2, -0.15) is 4.99 Å². The van der Waals surface area contributed by atoms with Gasteiger partial charge in [0.1, 0.15) is 0 Å². The number of hydrogen-bond donors (Lipinski definition) is 0. The zero-order chi connectivity index (χ0) is 18.0. The molecule has 4 nitrogen and oxygen atoms in total. The van der Waals surface area contributed by atoms with Crippen LogP contribution < -0.4 is 4.80 Å². The van der Waals surface area contributed by atoms with Gasteiger partial charge < -0.3 is 9.30 Å². The number of aromatic nitrogens is 1. The van der Waals surface area contributed by atoms with Crippen LogP contribution in [-0.2, 0) is 11.3 Å². The van der Waals surface area contributed by atoms with E-state index in [-0.39, 0.29) is 5.91 Å². The monoisotopic (exact) mass is 374 g/mol. The molecule has 6 heteroatoms. The van der Waals surface area contributed by atoms with Gasteiger partial charge >= 0.3 is 0 Å². The Morgan fingerprint density at radius 1 is 1.24 bits per heavy atom. The first-order valence-corrected chi connectivity index (χ1v) is 9.14. The van der Waals surface area contributed by atoms with Crippen molar-refractivity contribution in [1.82, 2.24) is 4.57 Å². The van der Waals surface area contributed by atoms with Crippen LogP contribution in [0.25, 0.3) is 10.2 Å². The molecule has 0 spiro atoms. The number of aryl methyl sites for hydroxylation is 2. The molecule has 0 saturated carbocycles. The third kappa shape index (κ3) is 3.54. The van der Waals surface area contributed by atoms with E-state index in [1.54, 1.807) is 13.2 Å². The molecule has 2 aromatic carbocycles. The van der Waals surface area contributed by atoms with E-state index in [0.29, 0.717) is 28.5 Å². The molecular weight excluding hydrogens is 356 g/mol. The molecule has 0 atom stereocenters. The van der Waals surface area contributed by atoms with Gasteiger partial charge in [-0.3, -0.25) is 4.79 Å². The Labute approximate surface area is 155 Å². The van der Waals surface area contributed by atoms with Crippen molar-refractivity contribution < 1.29 is 9.53 Å². The Morgan fingerprint density at radius 2 is 2.00 bits per heavy atom. The summed E-state index contributed by atoms with van der Waals surface area (Å²) in [5.74, 6) is -0.237. The summed E-state index contributed by atoms with van der Waals surface area (Å²) in [4.78, 5) is 17.7. The van der Waals surface area contributed by atoms with Crippen LogP contribution in [0.2, 0.25) is 5.02 Å². The van der Waals surface area contributed by atoms with E-state index in [4.69, 9.17) is 16.3 Å². The van der Waals surface area contributed by atoms with Crippen molar-refractivity contribution in [2.24, 2.45) is 4.99 Å². The Morgan fingerprint density at radius 3 is 2.72 bits per heavy atom. The van der Waals surface area contributed by atoms with Crippen LogP contribution >= 0.6 is 22.9 Å². The number of carbonyl (C=O) groups excluding carboxylic acids is 1. The fraction of sp³-hybridized carbons (Fsp3) is 0.263. The standard InChI is InChI=1S/C19H19ClN2O2S/c1-12-6-4-5-7-14(12)18(23)21-19-22(10-11-24-3)17-13(2)15(20)8-9-16(17)25-19/h4-9H,10-11H2,1-3H3. The first-order chi connectivity index (χ1) is 12.0. The van der Waals surface area contributed by atoms with E-state index in [1.807, 2.05) is 48.7 Å². The van der Waals surface area contributed by atoms with E-state index in [9.17, 15) is 4.79 Å². The fourth-order valence-electron chi connectivity index (χ4n) is 2.75. The second-order valence-electron chi connectivity index (χ2n) is 5.78. The topological polar surface area (TPSA) is 43.6 Å². The summed E-state index contributed by atoms with van der Waals surface area (Å²) < 4.78 is 8.29. The van der Waals surface area contributed by atoms with Crippen LogP contribution in [0.1, 0.15) is 21.5 Å². The van der Waals surface area contributed by atoms with E-state index < -0.39 is 0 Å². The van der Waals surface area contributed by atoms with Crippen LogP contribution in [0.4, 0.5) is 0 Å². The highest BCUT2D eigenvalue weighted by Crippen LogP contribution is 2.27. The van der Waals surface area contributed by atoms with E-state index in [2.05, 4.69) is 4.99 Å². The van der Waals surface area contributed by atoms with Crippen molar-refractivity contribution in [3.05, 3.63) is 62.9 Å². The largest absolute Gasteiger partial charge is 0.383 e. The quantitative estimate of drug-likeness (QED) is 0.681. The molecule has 0 N–H and O–H groups in total. The molecule has 1 heterocycles. The lowest BCUT2D eigenvalue weighted by Gasteiger charge is -2.07. The summed E-state index contributed by atoms with van der Waals surface area (Å²) in [7, 11) is 1.66.